The van der Waals surface area contributed by atoms with E-state index in [0.717, 1.165) is 17.0 Å². The maximum atomic E-state index is 5.92. The van der Waals surface area contributed by atoms with Gasteiger partial charge in [-0.05, 0) is 30.5 Å². The van der Waals surface area contributed by atoms with E-state index < -0.39 is 0 Å². The van der Waals surface area contributed by atoms with Crippen LogP contribution in [0.2, 0.25) is 5.02 Å². The molecule has 0 spiro atoms. The molecule has 0 bridgehead atoms. The quantitative estimate of drug-likeness (QED) is 0.732. The molecule has 1 rings (SSSR count). The van der Waals surface area contributed by atoms with E-state index in [9.17, 15) is 0 Å². The van der Waals surface area contributed by atoms with Gasteiger partial charge in [-0.25, -0.2) is 5.90 Å². The minimum Gasteiger partial charge on any atom is -0.304 e. The Morgan fingerprint density at radius 3 is 2.92 bits per heavy atom. The van der Waals surface area contributed by atoms with Gasteiger partial charge in [0, 0.05) is 5.02 Å². The second-order valence-corrected chi connectivity index (χ2v) is 3.05. The standard InChI is InChI=1S/C9H12ClNO/c1-7-8(5-6-12-11)3-2-4-9(7)10/h2-4H,5-6,11H2,1H3. The molecule has 0 saturated heterocycles. The highest BCUT2D eigenvalue weighted by Gasteiger charge is 2.00. The minimum absolute atomic E-state index is 0.529. The van der Waals surface area contributed by atoms with Crippen molar-refractivity contribution in [3.8, 4) is 0 Å². The van der Waals surface area contributed by atoms with Crippen molar-refractivity contribution in [2.75, 3.05) is 6.61 Å². The van der Waals surface area contributed by atoms with Crippen LogP contribution in [0.15, 0.2) is 18.2 Å². The average Bonchev–Trinajstić information content (AvgIpc) is 2.08. The summed E-state index contributed by atoms with van der Waals surface area (Å²) in [6.45, 7) is 2.52. The molecule has 1 aromatic carbocycles. The molecule has 2 nitrogen and oxygen atoms in total. The number of nitrogens with two attached hydrogens (primary N) is 1. The predicted octanol–water partition coefficient (Wildman–Crippen LogP) is 2.08. The fourth-order valence-corrected chi connectivity index (χ4v) is 1.29. The second kappa shape index (κ2) is 4.45. The minimum atomic E-state index is 0.529. The van der Waals surface area contributed by atoms with Gasteiger partial charge >= 0.3 is 0 Å². The summed E-state index contributed by atoms with van der Waals surface area (Å²) in [7, 11) is 0. The zero-order chi connectivity index (χ0) is 8.97. The molecular formula is C9H12ClNO. The molecule has 0 aliphatic heterocycles. The zero-order valence-corrected chi connectivity index (χ0v) is 7.77. The van der Waals surface area contributed by atoms with Gasteiger partial charge in [0.25, 0.3) is 0 Å². The van der Waals surface area contributed by atoms with Crippen LogP contribution in [0.3, 0.4) is 0 Å². The normalized spacial score (nSPS) is 10.2. The third-order valence-corrected chi connectivity index (χ3v) is 2.28. The molecule has 12 heavy (non-hydrogen) atoms. The highest BCUT2D eigenvalue weighted by molar-refractivity contribution is 6.31. The largest absolute Gasteiger partial charge is 0.304 e. The van der Waals surface area contributed by atoms with Gasteiger partial charge in [0.05, 0.1) is 6.61 Å². The molecule has 0 aromatic heterocycles. The molecule has 66 valence electrons. The molecule has 3 heteroatoms. The fraction of sp³-hybridized carbons (Fsp3) is 0.333. The van der Waals surface area contributed by atoms with Crippen LogP contribution in [0.4, 0.5) is 0 Å². The Morgan fingerprint density at radius 1 is 1.50 bits per heavy atom. The monoisotopic (exact) mass is 185 g/mol. The van der Waals surface area contributed by atoms with E-state index in [-0.39, 0.29) is 0 Å². The van der Waals surface area contributed by atoms with Gasteiger partial charge in [0.2, 0.25) is 0 Å². The third-order valence-electron chi connectivity index (χ3n) is 1.87. The van der Waals surface area contributed by atoms with Gasteiger partial charge in [-0.1, -0.05) is 23.7 Å². The Labute approximate surface area is 77.2 Å². The van der Waals surface area contributed by atoms with Crippen LogP contribution in [0.25, 0.3) is 0 Å². The van der Waals surface area contributed by atoms with E-state index >= 15 is 0 Å². The molecule has 0 aliphatic rings. The van der Waals surface area contributed by atoms with E-state index in [0.29, 0.717) is 6.61 Å². The first kappa shape index (κ1) is 9.52. The summed E-state index contributed by atoms with van der Waals surface area (Å²) in [5, 5.41) is 0.796. The van der Waals surface area contributed by atoms with E-state index in [1.165, 1.54) is 5.56 Å². The van der Waals surface area contributed by atoms with Crippen molar-refractivity contribution in [3.05, 3.63) is 34.3 Å². The Bertz CT molecular complexity index is 263. The lowest BCUT2D eigenvalue weighted by Crippen LogP contribution is -2.04. The second-order valence-electron chi connectivity index (χ2n) is 2.64. The SMILES string of the molecule is Cc1c(Cl)cccc1CCON. The molecule has 0 heterocycles. The molecule has 0 aliphatic carbocycles. The molecule has 0 atom stereocenters. The molecule has 0 unspecified atom stereocenters. The Morgan fingerprint density at radius 2 is 2.25 bits per heavy atom. The first-order valence-electron chi connectivity index (χ1n) is 3.81. The van der Waals surface area contributed by atoms with Crippen molar-refractivity contribution in [2.24, 2.45) is 5.90 Å². The lowest BCUT2D eigenvalue weighted by Gasteiger charge is -2.05. The van der Waals surface area contributed by atoms with Gasteiger partial charge in [0.1, 0.15) is 0 Å². The number of halogens is 1. The lowest BCUT2D eigenvalue weighted by atomic mass is 10.1. The van der Waals surface area contributed by atoms with Crippen molar-refractivity contribution >= 4 is 11.6 Å². The van der Waals surface area contributed by atoms with E-state index in [2.05, 4.69) is 4.84 Å². The summed E-state index contributed by atoms with van der Waals surface area (Å²) in [4.78, 5) is 4.50. The van der Waals surface area contributed by atoms with Crippen LogP contribution >= 0.6 is 11.6 Å². The Kier molecular flexibility index (Phi) is 3.53. The van der Waals surface area contributed by atoms with Gasteiger partial charge in [-0.15, -0.1) is 0 Å². The smallest absolute Gasteiger partial charge is 0.0719 e. The van der Waals surface area contributed by atoms with Crippen molar-refractivity contribution < 1.29 is 4.84 Å². The maximum Gasteiger partial charge on any atom is 0.0719 e. The molecule has 0 saturated carbocycles. The van der Waals surface area contributed by atoms with Crippen molar-refractivity contribution in [3.63, 3.8) is 0 Å². The van der Waals surface area contributed by atoms with Crippen LogP contribution in [0.1, 0.15) is 11.1 Å². The van der Waals surface area contributed by atoms with Crippen molar-refractivity contribution in [1.82, 2.24) is 0 Å². The lowest BCUT2D eigenvalue weighted by molar-refractivity contribution is 0.141. The van der Waals surface area contributed by atoms with E-state index in [1.54, 1.807) is 0 Å². The van der Waals surface area contributed by atoms with Crippen LogP contribution in [0.5, 0.6) is 0 Å². The number of hydrogen-bond donors (Lipinski definition) is 1. The molecule has 0 fully saturated rings. The predicted molar refractivity (Wildman–Crippen MR) is 50.0 cm³/mol. The first-order chi connectivity index (χ1) is 5.75. The average molecular weight is 186 g/mol. The van der Waals surface area contributed by atoms with E-state index in [4.69, 9.17) is 17.5 Å². The summed E-state index contributed by atoms with van der Waals surface area (Å²) in [6, 6.07) is 5.84. The Balaban J connectivity index is 2.78. The van der Waals surface area contributed by atoms with Crippen LogP contribution < -0.4 is 5.90 Å². The molecule has 0 radical (unpaired) electrons. The number of rotatable bonds is 3. The molecule has 1 aromatic rings. The highest BCUT2D eigenvalue weighted by Crippen LogP contribution is 2.18. The zero-order valence-electron chi connectivity index (χ0n) is 7.01. The van der Waals surface area contributed by atoms with Crippen LogP contribution in [-0.2, 0) is 11.3 Å². The van der Waals surface area contributed by atoms with Gasteiger partial charge in [-0.3, -0.25) is 0 Å². The van der Waals surface area contributed by atoms with Gasteiger partial charge < -0.3 is 4.84 Å². The summed E-state index contributed by atoms with van der Waals surface area (Å²) >= 11 is 5.92. The topological polar surface area (TPSA) is 35.2 Å². The summed E-state index contributed by atoms with van der Waals surface area (Å²) in [5.74, 6) is 4.93. The molecular weight excluding hydrogens is 174 g/mol. The summed E-state index contributed by atoms with van der Waals surface area (Å²) < 4.78 is 0. The molecule has 2 N–H and O–H groups in total. The van der Waals surface area contributed by atoms with Crippen LogP contribution in [-0.4, -0.2) is 6.61 Å². The number of hydrogen-bond acceptors (Lipinski definition) is 2. The maximum absolute atomic E-state index is 5.92. The third kappa shape index (κ3) is 2.21. The summed E-state index contributed by atoms with van der Waals surface area (Å²) in [6.07, 6.45) is 0.808. The van der Waals surface area contributed by atoms with Gasteiger partial charge in [-0.2, -0.15) is 0 Å². The van der Waals surface area contributed by atoms with Crippen molar-refractivity contribution in [1.29, 1.82) is 0 Å². The fourth-order valence-electron chi connectivity index (χ4n) is 1.09. The number of benzene rings is 1. The van der Waals surface area contributed by atoms with E-state index in [1.807, 2.05) is 25.1 Å². The highest BCUT2D eigenvalue weighted by atomic mass is 35.5. The summed E-state index contributed by atoms with van der Waals surface area (Å²) in [5.41, 5.74) is 2.30. The first-order valence-corrected chi connectivity index (χ1v) is 4.19. The molecule has 0 amide bonds. The van der Waals surface area contributed by atoms with Gasteiger partial charge in [0.15, 0.2) is 0 Å². The van der Waals surface area contributed by atoms with Crippen LogP contribution in [0, 0.1) is 6.92 Å². The Hall–Kier alpha value is -0.570. The van der Waals surface area contributed by atoms with Crippen molar-refractivity contribution in [2.45, 2.75) is 13.3 Å².